The van der Waals surface area contributed by atoms with Crippen LogP contribution in [0.5, 0.6) is 0 Å². The van der Waals surface area contributed by atoms with Crippen LogP contribution in [-0.4, -0.2) is 47.9 Å². The molecule has 5 aromatic rings. The maximum atomic E-state index is 14.5. The van der Waals surface area contributed by atoms with E-state index in [-0.39, 0.29) is 35.3 Å². The number of halogens is 2. The highest BCUT2D eigenvalue weighted by molar-refractivity contribution is 6.31. The number of carbonyl (C=O) groups excluding carboxylic acids is 2. The summed E-state index contributed by atoms with van der Waals surface area (Å²) in [4.78, 5) is 29.0. The zero-order valence-corrected chi connectivity index (χ0v) is 21.2. The van der Waals surface area contributed by atoms with Crippen LogP contribution in [0.15, 0.2) is 49.1 Å². The molecule has 10 nitrogen and oxygen atoms in total. The molecule has 0 aliphatic heterocycles. The molecule has 1 aromatic carbocycles. The molecular weight excluding hydrogens is 513 g/mol. The fourth-order valence-corrected chi connectivity index (χ4v) is 4.79. The molecule has 0 bridgehead atoms. The molecule has 1 N–H and O–H groups in total. The Morgan fingerprint density at radius 1 is 1.24 bits per heavy atom. The average molecular weight is 536 g/mol. The van der Waals surface area contributed by atoms with E-state index in [1.165, 1.54) is 53.2 Å². The van der Waals surface area contributed by atoms with Gasteiger partial charge in [0.05, 0.1) is 43.4 Å². The zero-order valence-electron chi connectivity index (χ0n) is 20.4. The van der Waals surface area contributed by atoms with Crippen LogP contribution in [-0.2, 0) is 29.2 Å². The molecule has 4 aromatic heterocycles. The summed E-state index contributed by atoms with van der Waals surface area (Å²) in [7, 11) is 1.36. The number of fused-ring (bicyclic) bond motifs is 2. The second kappa shape index (κ2) is 9.56. The zero-order chi connectivity index (χ0) is 26.4. The van der Waals surface area contributed by atoms with Crippen LogP contribution in [0.1, 0.15) is 46.2 Å². The standard InChI is InChI=1S/C26H23ClFN7O3/c1-38-23(36)13-35-18(9-17-8-16(15-2-3-15)4-5-22(17)35)11-34-12-21(31-32-34)26(37)29-10-20-25-24(28)19(27)6-7-33(25)14-30-20/h4-9,12,14-15H,2-3,10-11,13H2,1H3,(H,29,37). The summed E-state index contributed by atoms with van der Waals surface area (Å²) in [5, 5.41) is 11.8. The number of imidazole rings is 1. The van der Waals surface area contributed by atoms with Crippen molar-refractivity contribution in [2.45, 2.75) is 38.4 Å². The van der Waals surface area contributed by atoms with E-state index >= 15 is 0 Å². The van der Waals surface area contributed by atoms with Crippen LogP contribution in [0.25, 0.3) is 16.4 Å². The number of carbonyl (C=O) groups is 2. The molecular formula is C26H23ClFN7O3. The molecule has 0 radical (unpaired) electrons. The molecule has 194 valence electrons. The minimum absolute atomic E-state index is 0.0177. The number of amides is 1. The van der Waals surface area contributed by atoms with Crippen LogP contribution < -0.4 is 5.32 Å². The van der Waals surface area contributed by atoms with Crippen molar-refractivity contribution in [3.05, 3.63) is 82.5 Å². The second-order valence-electron chi connectivity index (χ2n) is 9.30. The summed E-state index contributed by atoms with van der Waals surface area (Å²) in [6.45, 7) is 0.329. The molecule has 0 spiro atoms. The van der Waals surface area contributed by atoms with Gasteiger partial charge in [0, 0.05) is 22.8 Å². The SMILES string of the molecule is COC(=O)Cn1c(Cn2cc(C(=O)NCc3ncn4ccc(Cl)c(F)c34)nn2)cc2cc(C3CC3)ccc21. The van der Waals surface area contributed by atoms with E-state index in [9.17, 15) is 14.0 Å². The van der Waals surface area contributed by atoms with E-state index in [0.717, 1.165) is 16.6 Å². The van der Waals surface area contributed by atoms with E-state index < -0.39 is 11.7 Å². The Labute approximate surface area is 221 Å². The van der Waals surface area contributed by atoms with Crippen LogP contribution in [0.3, 0.4) is 0 Å². The molecule has 6 rings (SSSR count). The first kappa shape index (κ1) is 24.1. The number of hydrogen-bond acceptors (Lipinski definition) is 6. The number of nitrogens with zero attached hydrogens (tertiary/aromatic N) is 6. The van der Waals surface area contributed by atoms with Gasteiger partial charge in [-0.3, -0.25) is 9.59 Å². The molecule has 1 aliphatic carbocycles. The number of methoxy groups -OCH3 is 1. The van der Waals surface area contributed by atoms with Crippen molar-refractivity contribution >= 4 is 39.9 Å². The Morgan fingerprint density at radius 3 is 2.87 bits per heavy atom. The molecule has 1 saturated carbocycles. The van der Waals surface area contributed by atoms with Gasteiger partial charge in [-0.05, 0) is 48.6 Å². The summed E-state index contributed by atoms with van der Waals surface area (Å²) >= 11 is 5.89. The second-order valence-corrected chi connectivity index (χ2v) is 9.71. The summed E-state index contributed by atoms with van der Waals surface area (Å²) < 4.78 is 24.3. The van der Waals surface area contributed by atoms with Crippen LogP contribution in [0.2, 0.25) is 5.02 Å². The minimum atomic E-state index is -0.603. The Morgan fingerprint density at radius 2 is 2.08 bits per heavy atom. The third-order valence-corrected chi connectivity index (χ3v) is 7.05. The Kier molecular flexibility index (Phi) is 6.07. The first-order valence-corrected chi connectivity index (χ1v) is 12.5. The van der Waals surface area contributed by atoms with Gasteiger partial charge in [-0.1, -0.05) is 22.9 Å². The summed E-state index contributed by atoms with van der Waals surface area (Å²) in [6.07, 6.45) is 6.97. The summed E-state index contributed by atoms with van der Waals surface area (Å²) in [6, 6.07) is 9.77. The number of rotatable bonds is 8. The highest BCUT2D eigenvalue weighted by Crippen LogP contribution is 2.41. The predicted octanol–water partition coefficient (Wildman–Crippen LogP) is 3.70. The molecule has 1 aliphatic rings. The predicted molar refractivity (Wildman–Crippen MR) is 136 cm³/mol. The lowest BCUT2D eigenvalue weighted by atomic mass is 10.1. The Hall–Kier alpha value is -4.25. The van der Waals surface area contributed by atoms with Crippen molar-refractivity contribution in [3.8, 4) is 0 Å². The highest BCUT2D eigenvalue weighted by atomic mass is 35.5. The number of nitrogens with one attached hydrogen (secondary N) is 1. The number of ether oxygens (including phenoxy) is 1. The normalized spacial score (nSPS) is 13.3. The van der Waals surface area contributed by atoms with Crippen molar-refractivity contribution in [3.63, 3.8) is 0 Å². The third kappa shape index (κ3) is 4.49. The van der Waals surface area contributed by atoms with Crippen molar-refractivity contribution < 1.29 is 18.7 Å². The monoisotopic (exact) mass is 535 g/mol. The lowest BCUT2D eigenvalue weighted by Gasteiger charge is -2.09. The van der Waals surface area contributed by atoms with E-state index in [1.807, 2.05) is 16.7 Å². The Bertz CT molecular complexity index is 1700. The first-order chi connectivity index (χ1) is 18.4. The maximum absolute atomic E-state index is 14.5. The van der Waals surface area contributed by atoms with Gasteiger partial charge in [0.15, 0.2) is 11.5 Å². The van der Waals surface area contributed by atoms with Gasteiger partial charge in [-0.15, -0.1) is 5.10 Å². The van der Waals surface area contributed by atoms with Crippen molar-refractivity contribution in [1.29, 1.82) is 0 Å². The number of hydrogen-bond donors (Lipinski definition) is 1. The number of pyridine rings is 1. The van der Waals surface area contributed by atoms with Crippen molar-refractivity contribution in [1.82, 2.24) is 34.3 Å². The van der Waals surface area contributed by atoms with Crippen LogP contribution >= 0.6 is 11.6 Å². The molecule has 0 unspecified atom stereocenters. The number of aromatic nitrogens is 6. The summed E-state index contributed by atoms with van der Waals surface area (Å²) in [5.74, 6) is -0.840. The Balaban J connectivity index is 1.20. The quantitative estimate of drug-likeness (QED) is 0.304. The molecule has 12 heteroatoms. The molecule has 0 saturated heterocycles. The van der Waals surface area contributed by atoms with Gasteiger partial charge in [0.25, 0.3) is 5.91 Å². The number of esters is 1. The van der Waals surface area contributed by atoms with Gasteiger partial charge < -0.3 is 19.0 Å². The largest absolute Gasteiger partial charge is 0.468 e. The minimum Gasteiger partial charge on any atom is -0.468 e. The van der Waals surface area contributed by atoms with Gasteiger partial charge in [-0.25, -0.2) is 14.1 Å². The van der Waals surface area contributed by atoms with Gasteiger partial charge in [0.1, 0.15) is 12.1 Å². The van der Waals surface area contributed by atoms with Gasteiger partial charge >= 0.3 is 5.97 Å². The molecule has 1 fully saturated rings. The number of benzene rings is 1. The third-order valence-electron chi connectivity index (χ3n) is 6.76. The summed E-state index contributed by atoms with van der Waals surface area (Å²) in [5.41, 5.74) is 3.68. The van der Waals surface area contributed by atoms with Crippen LogP contribution in [0.4, 0.5) is 4.39 Å². The van der Waals surface area contributed by atoms with Crippen LogP contribution in [0, 0.1) is 5.82 Å². The van der Waals surface area contributed by atoms with E-state index in [4.69, 9.17) is 16.3 Å². The van der Waals surface area contributed by atoms with Crippen molar-refractivity contribution in [2.75, 3.05) is 7.11 Å². The topological polar surface area (TPSA) is 108 Å². The molecule has 0 atom stereocenters. The van der Waals surface area contributed by atoms with E-state index in [1.54, 1.807) is 6.20 Å². The van der Waals surface area contributed by atoms with E-state index in [0.29, 0.717) is 18.2 Å². The fourth-order valence-electron chi connectivity index (χ4n) is 4.64. The lowest BCUT2D eigenvalue weighted by Crippen LogP contribution is -2.23. The highest BCUT2D eigenvalue weighted by Gasteiger charge is 2.24. The molecule has 1 amide bonds. The van der Waals surface area contributed by atoms with Gasteiger partial charge in [0.2, 0.25) is 0 Å². The smallest absolute Gasteiger partial charge is 0.325 e. The van der Waals surface area contributed by atoms with Gasteiger partial charge in [-0.2, -0.15) is 0 Å². The van der Waals surface area contributed by atoms with E-state index in [2.05, 4.69) is 32.7 Å². The molecule has 38 heavy (non-hydrogen) atoms. The van der Waals surface area contributed by atoms with Crippen molar-refractivity contribution in [2.24, 2.45) is 0 Å². The average Bonchev–Trinajstić information content (AvgIpc) is 3.38. The molecule has 4 heterocycles. The lowest BCUT2D eigenvalue weighted by molar-refractivity contribution is -0.141. The maximum Gasteiger partial charge on any atom is 0.325 e. The fraction of sp³-hybridized carbons (Fsp3) is 0.269. The first-order valence-electron chi connectivity index (χ1n) is 12.1.